The Morgan fingerprint density at radius 1 is 1.09 bits per heavy atom. The summed E-state index contributed by atoms with van der Waals surface area (Å²) in [6.07, 6.45) is 10.8. The molecule has 0 radical (unpaired) electrons. The number of rotatable bonds is 12. The number of imidazole rings is 1. The van der Waals surface area contributed by atoms with Crippen LogP contribution in [-0.4, -0.2) is 77.9 Å². The number of allylic oxidation sites excluding steroid dienone is 1. The first-order valence-corrected chi connectivity index (χ1v) is 21.6. The normalized spacial score (nSPS) is 17.5. The molecule has 1 aromatic heterocycles. The molecule has 4 aliphatic heterocycles. The summed E-state index contributed by atoms with van der Waals surface area (Å²) >= 11 is 0. The van der Waals surface area contributed by atoms with Gasteiger partial charge in [0.05, 0.1) is 22.4 Å². The largest absolute Gasteiger partial charge is 0.454 e. The molecule has 0 aliphatic carbocycles. The van der Waals surface area contributed by atoms with Crippen LogP contribution >= 0.6 is 0 Å². The Hall–Kier alpha value is -5.00. The van der Waals surface area contributed by atoms with Gasteiger partial charge in [0.15, 0.2) is 16.2 Å². The predicted molar refractivity (Wildman–Crippen MR) is 211 cm³/mol. The molecule has 0 fully saturated rings. The molecule has 3 aromatic rings. The van der Waals surface area contributed by atoms with Gasteiger partial charge in [0.25, 0.3) is 20.2 Å². The van der Waals surface area contributed by atoms with Gasteiger partial charge >= 0.3 is 0 Å². The van der Waals surface area contributed by atoms with Crippen LogP contribution < -0.4 is 30.5 Å². The van der Waals surface area contributed by atoms with Crippen molar-refractivity contribution in [1.82, 2.24) is 19.4 Å². The van der Waals surface area contributed by atoms with Crippen LogP contribution in [0.25, 0.3) is 27.2 Å². The summed E-state index contributed by atoms with van der Waals surface area (Å²) in [7, 11) is -9.64. The number of ether oxygens (including phenoxy) is 1. The van der Waals surface area contributed by atoms with E-state index in [1.165, 1.54) is 0 Å². The topological polar surface area (TPSA) is 229 Å². The van der Waals surface area contributed by atoms with E-state index in [0.717, 1.165) is 41.4 Å². The first kappa shape index (κ1) is 39.2. The fraction of sp³-hybridized carbons (Fsp3) is 0.447. The Bertz CT molecular complexity index is 2670. The van der Waals surface area contributed by atoms with Gasteiger partial charge in [-0.3, -0.25) is 13.9 Å². The maximum atomic E-state index is 13.6. The minimum Gasteiger partial charge on any atom is -0.454 e. The zero-order chi connectivity index (χ0) is 40.4. The summed E-state index contributed by atoms with van der Waals surface area (Å²) in [6.45, 7) is 11.2. The Kier molecular flexibility index (Phi) is 9.94. The van der Waals surface area contributed by atoms with Gasteiger partial charge in [-0.25, -0.2) is 9.56 Å². The highest BCUT2D eigenvalue weighted by molar-refractivity contribution is 7.86. The third kappa shape index (κ3) is 7.23. The van der Waals surface area contributed by atoms with Crippen molar-refractivity contribution in [3.05, 3.63) is 85.8 Å². The molecular weight excluding hydrogens is 761 g/mol. The summed E-state index contributed by atoms with van der Waals surface area (Å²) in [6, 6.07) is 3.71. The van der Waals surface area contributed by atoms with E-state index in [-0.39, 0.29) is 46.1 Å². The van der Waals surface area contributed by atoms with Crippen LogP contribution in [0.3, 0.4) is 0 Å². The molecule has 0 spiro atoms. The molecule has 56 heavy (non-hydrogen) atoms. The van der Waals surface area contributed by atoms with Gasteiger partial charge < -0.3 is 19.9 Å². The molecule has 0 unspecified atom stereocenters. The highest BCUT2D eigenvalue weighted by Crippen LogP contribution is 2.50. The van der Waals surface area contributed by atoms with E-state index >= 15 is 0 Å². The number of nitrogens with one attached hydrogen (secondary N) is 2. The minimum absolute atomic E-state index is 0.0448. The molecule has 0 saturated heterocycles. The van der Waals surface area contributed by atoms with Gasteiger partial charge in [-0.2, -0.15) is 16.8 Å². The third-order valence-corrected chi connectivity index (χ3v) is 12.2. The molecule has 4 N–H and O–H groups in total. The number of fused-ring (bicyclic) bond motifs is 4. The Morgan fingerprint density at radius 3 is 2.55 bits per heavy atom. The van der Waals surface area contributed by atoms with Crippen molar-refractivity contribution in [2.75, 3.05) is 30.7 Å². The minimum atomic E-state index is -5.05. The lowest BCUT2D eigenvalue weighted by Crippen LogP contribution is -2.53. The zero-order valence-corrected chi connectivity index (χ0v) is 33.5. The number of anilines is 1. The predicted octanol–water partition coefficient (Wildman–Crippen LogP) is 4.19. The van der Waals surface area contributed by atoms with E-state index in [1.54, 1.807) is 38.4 Å². The van der Waals surface area contributed by atoms with Crippen molar-refractivity contribution >= 4 is 48.6 Å². The van der Waals surface area contributed by atoms with Crippen LogP contribution in [0.2, 0.25) is 0 Å². The van der Waals surface area contributed by atoms with E-state index < -0.39 is 36.4 Å². The summed E-state index contributed by atoms with van der Waals surface area (Å²) in [5, 5.41) is 10.9. The summed E-state index contributed by atoms with van der Waals surface area (Å²) < 4.78 is 84.1. The van der Waals surface area contributed by atoms with E-state index in [4.69, 9.17) is 15.3 Å². The van der Waals surface area contributed by atoms with Gasteiger partial charge in [-0.1, -0.05) is 18.1 Å². The van der Waals surface area contributed by atoms with E-state index in [9.17, 15) is 30.7 Å². The molecule has 5 heterocycles. The number of azide groups is 1. The molecule has 4 aliphatic rings. The number of unbranched alkanes of at least 4 members (excludes halogenated alkanes) is 1. The zero-order valence-electron chi connectivity index (χ0n) is 31.9. The highest BCUT2D eigenvalue weighted by Gasteiger charge is 2.42. The maximum Gasteiger partial charge on any atom is 0.300 e. The average Bonchev–Trinajstić information content (AvgIpc) is 3.56. The molecular formula is C38H45N8O8S2+. The quantitative estimate of drug-likeness (QED) is 0.0399. The molecule has 0 bridgehead atoms. The SMILES string of the molecule is CCC1=CC(C)(C)[N+]2=c3c1cc1c(c3CCC2)Oc2c(cc3c(c2S(=O)(=O)O)NC(C)(C)C=C3CS(=O)(=O)O)C=1c1nccn1CCCCNC(=O)CN=[N+]=[N-]. The fourth-order valence-corrected chi connectivity index (χ4v) is 9.94. The lowest BCUT2D eigenvalue weighted by molar-refractivity contribution is -0.119. The molecule has 2 aromatic carbocycles. The van der Waals surface area contributed by atoms with Crippen molar-refractivity contribution < 1.29 is 35.5 Å². The summed E-state index contributed by atoms with van der Waals surface area (Å²) in [4.78, 5) is 18.8. The van der Waals surface area contributed by atoms with Crippen molar-refractivity contribution in [1.29, 1.82) is 0 Å². The molecule has 296 valence electrons. The van der Waals surface area contributed by atoms with Crippen LogP contribution in [0.5, 0.6) is 11.5 Å². The van der Waals surface area contributed by atoms with E-state index in [1.807, 2.05) is 4.57 Å². The first-order chi connectivity index (χ1) is 26.3. The Morgan fingerprint density at radius 2 is 1.86 bits per heavy atom. The summed E-state index contributed by atoms with van der Waals surface area (Å²) in [5.41, 5.74) is 11.3. The standard InChI is InChI=1S/C38H44N8O8S2/c1-6-22-19-38(4,5)46-14-9-10-24-32(46)26(22)17-27-30(36-41-12-15-45(36)13-8-7-11-40-29(47)20-42-44-39)28-16-25-23(21-55(48,49)50)18-37(2,3)43-31(25)35(56(51,52)53)34(28)54-33(24)27/h12,15-19H,6-11,13-14,20-21H2,1-5H3,(H3,40,47,48,49,50,51,52,53)/p+1. The number of amides is 1. The van der Waals surface area contributed by atoms with Crippen LogP contribution in [0, 0.1) is 0 Å². The summed E-state index contributed by atoms with van der Waals surface area (Å²) in [5.74, 6) is -0.382. The highest BCUT2D eigenvalue weighted by atomic mass is 32.2. The second-order valence-electron chi connectivity index (χ2n) is 15.6. The number of aromatic nitrogens is 2. The molecule has 1 amide bonds. The Balaban J connectivity index is 1.51. The van der Waals surface area contributed by atoms with Gasteiger partial charge in [-0.15, -0.1) is 0 Å². The van der Waals surface area contributed by atoms with Crippen molar-refractivity contribution in [3.63, 3.8) is 0 Å². The lowest BCUT2D eigenvalue weighted by atomic mass is 9.83. The number of aryl methyl sites for hydroxylation is 1. The lowest BCUT2D eigenvalue weighted by Gasteiger charge is -2.35. The number of carbonyl (C=O) groups excluding carboxylic acids is 1. The number of hydrogen-bond donors (Lipinski definition) is 4. The Labute approximate surface area is 324 Å². The number of hydrogen-bond acceptors (Lipinski definition) is 9. The van der Waals surface area contributed by atoms with Gasteiger partial charge in [-0.05, 0) is 74.4 Å². The monoisotopic (exact) mass is 805 g/mol. The fourth-order valence-electron chi connectivity index (χ4n) is 8.51. The van der Waals surface area contributed by atoms with E-state index in [2.05, 4.69) is 58.1 Å². The van der Waals surface area contributed by atoms with Gasteiger partial charge in [0.1, 0.15) is 30.4 Å². The molecule has 18 heteroatoms. The third-order valence-electron chi connectivity index (χ3n) is 10.6. The van der Waals surface area contributed by atoms with Crippen molar-refractivity contribution in [3.8, 4) is 11.5 Å². The molecule has 16 nitrogen and oxygen atoms in total. The van der Waals surface area contributed by atoms with Crippen LogP contribution in [0.4, 0.5) is 5.69 Å². The molecule has 0 atom stereocenters. The second kappa shape index (κ2) is 14.2. The van der Waals surface area contributed by atoms with Crippen LogP contribution in [-0.2, 0) is 38.0 Å². The second-order valence-corrected chi connectivity index (χ2v) is 18.5. The molecule has 7 rings (SSSR count). The first-order valence-electron chi connectivity index (χ1n) is 18.5. The number of benzene rings is 2. The number of nitrogens with zero attached hydrogens (tertiary/aromatic N) is 6. The van der Waals surface area contributed by atoms with Crippen molar-refractivity contribution in [2.24, 2.45) is 5.11 Å². The average molecular weight is 806 g/mol. The van der Waals surface area contributed by atoms with Crippen LogP contribution in [0.1, 0.15) is 88.4 Å². The van der Waals surface area contributed by atoms with Gasteiger partial charge in [0, 0.05) is 72.6 Å². The van der Waals surface area contributed by atoms with Crippen LogP contribution in [0.15, 0.2) is 46.7 Å². The van der Waals surface area contributed by atoms with Gasteiger partial charge in [0.2, 0.25) is 11.3 Å². The molecule has 0 saturated carbocycles. The van der Waals surface area contributed by atoms with Crippen molar-refractivity contribution in [2.45, 2.75) is 89.2 Å². The van der Waals surface area contributed by atoms with E-state index in [0.29, 0.717) is 54.7 Å². The maximum absolute atomic E-state index is 13.6. The number of carbonyl (C=O) groups is 1. The smallest absolute Gasteiger partial charge is 0.300 e.